The van der Waals surface area contributed by atoms with E-state index in [1.165, 1.54) is 12.1 Å². The summed E-state index contributed by atoms with van der Waals surface area (Å²) in [5.74, 6) is -0.857. The minimum absolute atomic E-state index is 0.202. The molecule has 3 aromatic rings. The minimum atomic E-state index is -3.26. The lowest BCUT2D eigenvalue weighted by molar-refractivity contribution is -0.137. The average Bonchev–Trinajstić information content (AvgIpc) is 3.43. The van der Waals surface area contributed by atoms with Gasteiger partial charge in [-0.1, -0.05) is 12.1 Å². The number of carbonyl (C=O) groups is 1. The summed E-state index contributed by atoms with van der Waals surface area (Å²) in [7, 11) is -3.26. The van der Waals surface area contributed by atoms with Crippen LogP contribution in [0.1, 0.15) is 29.7 Å². The molecule has 0 radical (unpaired) electrons. The summed E-state index contributed by atoms with van der Waals surface area (Å²) in [5, 5.41) is 9.90. The molecule has 1 aromatic heterocycles. The number of halogens is 1. The van der Waals surface area contributed by atoms with E-state index in [9.17, 15) is 22.7 Å². The summed E-state index contributed by atoms with van der Waals surface area (Å²) in [5.41, 5.74) is 3.16. The van der Waals surface area contributed by atoms with Gasteiger partial charge >= 0.3 is 5.97 Å². The first-order valence-corrected chi connectivity index (χ1v) is 11.2. The maximum absolute atomic E-state index is 13.9. The fourth-order valence-corrected chi connectivity index (χ4v) is 5.49. The zero-order chi connectivity index (χ0) is 20.8. The highest BCUT2D eigenvalue weighted by Crippen LogP contribution is 2.33. The van der Waals surface area contributed by atoms with Crippen LogP contribution in [0, 0.1) is 18.7 Å². The molecule has 0 saturated heterocycles. The second kappa shape index (κ2) is 7.30. The third-order valence-corrected chi connectivity index (χ3v) is 7.43. The Morgan fingerprint density at radius 1 is 1.17 bits per heavy atom. The van der Waals surface area contributed by atoms with E-state index in [1.807, 2.05) is 6.92 Å². The number of sulfone groups is 1. The lowest BCUT2D eigenvalue weighted by atomic mass is 10.0. The van der Waals surface area contributed by atoms with Crippen molar-refractivity contribution in [2.75, 3.05) is 5.75 Å². The number of rotatable bonds is 7. The van der Waals surface area contributed by atoms with Gasteiger partial charge < -0.3 is 9.67 Å². The third-order valence-electron chi connectivity index (χ3n) is 5.52. The molecule has 2 aromatic carbocycles. The van der Waals surface area contributed by atoms with Gasteiger partial charge in [0.2, 0.25) is 0 Å². The molecule has 5 nitrogen and oxygen atoms in total. The Kier molecular flexibility index (Phi) is 4.94. The monoisotopic (exact) mass is 415 g/mol. The Morgan fingerprint density at radius 3 is 2.48 bits per heavy atom. The molecule has 0 spiro atoms. The fraction of sp³-hybridized carbons (Fsp3) is 0.318. The van der Waals surface area contributed by atoms with Crippen LogP contribution in [0.3, 0.4) is 0 Å². The van der Waals surface area contributed by atoms with Gasteiger partial charge in [0.15, 0.2) is 9.84 Å². The topological polar surface area (TPSA) is 76.4 Å². The van der Waals surface area contributed by atoms with Crippen LogP contribution >= 0.6 is 0 Å². The summed E-state index contributed by atoms with van der Waals surface area (Å²) in [4.78, 5) is 11.6. The Bertz CT molecular complexity index is 1190. The molecule has 0 unspecified atom stereocenters. The van der Waals surface area contributed by atoms with Crippen molar-refractivity contribution in [3.63, 3.8) is 0 Å². The summed E-state index contributed by atoms with van der Waals surface area (Å²) in [6.07, 6.45) is 2.42. The van der Waals surface area contributed by atoms with Gasteiger partial charge in [-0.05, 0) is 73.6 Å². The van der Waals surface area contributed by atoms with Crippen molar-refractivity contribution in [3.05, 3.63) is 65.1 Å². The molecule has 0 bridgehead atoms. The SMILES string of the molecule is Cc1c(Cc2ccc(S(=O)(=O)CC3CC3)cc2)c2cc(F)ccc2n1CC(=O)O. The molecular weight excluding hydrogens is 393 g/mol. The highest BCUT2D eigenvalue weighted by atomic mass is 32.2. The van der Waals surface area contributed by atoms with Gasteiger partial charge in [-0.2, -0.15) is 0 Å². The summed E-state index contributed by atoms with van der Waals surface area (Å²) in [6.45, 7) is 1.62. The van der Waals surface area contributed by atoms with Crippen LogP contribution in [0.2, 0.25) is 0 Å². The largest absolute Gasteiger partial charge is 0.480 e. The zero-order valence-corrected chi connectivity index (χ0v) is 16.9. The summed E-state index contributed by atoms with van der Waals surface area (Å²) >= 11 is 0. The fourth-order valence-electron chi connectivity index (χ4n) is 3.80. The van der Waals surface area contributed by atoms with E-state index in [-0.39, 0.29) is 24.0 Å². The summed E-state index contributed by atoms with van der Waals surface area (Å²) in [6, 6.07) is 11.1. The molecule has 1 aliphatic carbocycles. The maximum Gasteiger partial charge on any atom is 0.323 e. The molecular formula is C22H22FNO4S. The Balaban J connectivity index is 1.68. The van der Waals surface area contributed by atoms with Crippen LogP contribution in [-0.4, -0.2) is 29.8 Å². The first-order chi connectivity index (χ1) is 13.7. The first-order valence-electron chi connectivity index (χ1n) is 9.55. The molecule has 1 saturated carbocycles. The van der Waals surface area contributed by atoms with Crippen LogP contribution in [0.4, 0.5) is 4.39 Å². The summed E-state index contributed by atoms with van der Waals surface area (Å²) < 4.78 is 40.4. The molecule has 1 fully saturated rings. The van der Waals surface area contributed by atoms with Crippen LogP contribution < -0.4 is 0 Å². The number of hydrogen-bond acceptors (Lipinski definition) is 3. The molecule has 0 amide bonds. The predicted molar refractivity (Wildman–Crippen MR) is 108 cm³/mol. The van der Waals surface area contributed by atoms with Crippen LogP contribution in [0.5, 0.6) is 0 Å². The van der Waals surface area contributed by atoms with Crippen molar-refractivity contribution in [1.29, 1.82) is 0 Å². The number of hydrogen-bond donors (Lipinski definition) is 1. The van der Waals surface area contributed by atoms with Crippen LogP contribution in [0.15, 0.2) is 47.4 Å². The highest BCUT2D eigenvalue weighted by Gasteiger charge is 2.29. The Labute approximate surface area is 168 Å². The normalized spacial score (nSPS) is 14.4. The molecule has 0 atom stereocenters. The number of fused-ring (bicyclic) bond motifs is 1. The second-order valence-corrected chi connectivity index (χ2v) is 9.79. The van der Waals surface area contributed by atoms with Crippen molar-refractivity contribution in [3.8, 4) is 0 Å². The van der Waals surface area contributed by atoms with E-state index >= 15 is 0 Å². The van der Waals surface area contributed by atoms with Gasteiger partial charge in [0.25, 0.3) is 0 Å². The van der Waals surface area contributed by atoms with Crippen molar-refractivity contribution < 1.29 is 22.7 Å². The van der Waals surface area contributed by atoms with Gasteiger partial charge in [0.05, 0.1) is 10.6 Å². The number of benzene rings is 2. The van der Waals surface area contributed by atoms with Gasteiger partial charge in [0, 0.05) is 16.6 Å². The van der Waals surface area contributed by atoms with E-state index in [1.54, 1.807) is 34.9 Å². The van der Waals surface area contributed by atoms with Gasteiger partial charge in [-0.25, -0.2) is 12.8 Å². The number of aromatic nitrogens is 1. The van der Waals surface area contributed by atoms with Gasteiger partial charge in [0.1, 0.15) is 12.4 Å². The standard InChI is InChI=1S/C22H22FNO4S/c1-14-19(20-11-17(23)6-9-21(20)24(14)12-22(25)26)10-15-4-7-18(8-5-15)29(27,28)13-16-2-3-16/h4-9,11,16H,2-3,10,12-13H2,1H3,(H,25,26). The van der Waals surface area contributed by atoms with Gasteiger partial charge in [-0.3, -0.25) is 4.79 Å². The number of nitrogens with zero attached hydrogens (tertiary/aromatic N) is 1. The van der Waals surface area contributed by atoms with Crippen molar-refractivity contribution >= 4 is 26.7 Å². The number of carboxylic acid groups (broad SMARTS) is 1. The van der Waals surface area contributed by atoms with E-state index in [0.717, 1.165) is 29.7 Å². The van der Waals surface area contributed by atoms with E-state index in [2.05, 4.69) is 0 Å². The molecule has 1 heterocycles. The number of carboxylic acids is 1. The van der Waals surface area contributed by atoms with E-state index in [0.29, 0.717) is 22.2 Å². The van der Waals surface area contributed by atoms with Crippen LogP contribution in [0.25, 0.3) is 10.9 Å². The quantitative estimate of drug-likeness (QED) is 0.634. The molecule has 152 valence electrons. The smallest absolute Gasteiger partial charge is 0.323 e. The maximum atomic E-state index is 13.9. The predicted octanol–water partition coefficient (Wildman–Crippen LogP) is 3.95. The molecule has 7 heteroatoms. The molecule has 4 rings (SSSR count). The zero-order valence-electron chi connectivity index (χ0n) is 16.1. The first kappa shape index (κ1) is 19.6. The lowest BCUT2D eigenvalue weighted by Crippen LogP contribution is -2.10. The van der Waals surface area contributed by atoms with E-state index in [4.69, 9.17) is 0 Å². The Hall–Kier alpha value is -2.67. The third kappa shape index (κ3) is 4.05. The molecule has 1 aliphatic rings. The minimum Gasteiger partial charge on any atom is -0.480 e. The molecule has 1 N–H and O–H groups in total. The van der Waals surface area contributed by atoms with Gasteiger partial charge in [-0.15, -0.1) is 0 Å². The van der Waals surface area contributed by atoms with Crippen molar-refractivity contribution in [1.82, 2.24) is 4.57 Å². The number of aliphatic carboxylic acids is 1. The van der Waals surface area contributed by atoms with Crippen molar-refractivity contribution in [2.24, 2.45) is 5.92 Å². The molecule has 29 heavy (non-hydrogen) atoms. The second-order valence-electron chi connectivity index (χ2n) is 7.75. The van der Waals surface area contributed by atoms with E-state index < -0.39 is 15.8 Å². The average molecular weight is 415 g/mol. The van der Waals surface area contributed by atoms with Crippen molar-refractivity contribution in [2.45, 2.75) is 37.6 Å². The van der Waals surface area contributed by atoms with Crippen LogP contribution in [-0.2, 0) is 27.6 Å². The lowest BCUT2D eigenvalue weighted by Gasteiger charge is -2.07. The Morgan fingerprint density at radius 2 is 1.86 bits per heavy atom. The highest BCUT2D eigenvalue weighted by molar-refractivity contribution is 7.91. The molecule has 0 aliphatic heterocycles.